The average molecular weight is 511 g/mol. The molecule has 1 amide bonds. The van der Waals surface area contributed by atoms with Crippen LogP contribution in [0.2, 0.25) is 0 Å². The van der Waals surface area contributed by atoms with Crippen molar-refractivity contribution in [3.8, 4) is 11.1 Å². The van der Waals surface area contributed by atoms with Crippen molar-refractivity contribution in [2.75, 3.05) is 5.75 Å². The molecule has 1 heterocycles. The number of nitrogens with one attached hydrogen (secondary N) is 1. The molecule has 0 bridgehead atoms. The van der Waals surface area contributed by atoms with Gasteiger partial charge in [0.1, 0.15) is 5.69 Å². The van der Waals surface area contributed by atoms with E-state index < -0.39 is 16.7 Å². The largest absolute Gasteiger partial charge is 0.442 e. The van der Waals surface area contributed by atoms with Crippen LogP contribution >= 0.6 is 35.1 Å². The summed E-state index contributed by atoms with van der Waals surface area (Å²) in [5, 5.41) is 2.03. The first-order valence-electron chi connectivity index (χ1n) is 10.6. The summed E-state index contributed by atoms with van der Waals surface area (Å²) < 4.78 is 38.3. The predicted octanol–water partition coefficient (Wildman–Crippen LogP) is 7.50. The Labute approximate surface area is 204 Å². The van der Waals surface area contributed by atoms with Crippen LogP contribution in [0.5, 0.6) is 0 Å². The fourth-order valence-corrected chi connectivity index (χ4v) is 5.35. The summed E-state index contributed by atoms with van der Waals surface area (Å²) in [5.74, 6) is 0.912. The number of pyridine rings is 1. The Morgan fingerprint density at radius 1 is 1.21 bits per heavy atom. The summed E-state index contributed by atoms with van der Waals surface area (Å²) in [4.78, 5) is 18.1. The average Bonchev–Trinajstić information content (AvgIpc) is 3.61. The quantitative estimate of drug-likeness (QED) is 0.391. The van der Waals surface area contributed by atoms with Crippen LogP contribution in [0.1, 0.15) is 48.2 Å². The number of benzene rings is 1. The number of hydrogen-bond donors (Lipinski definition) is 1. The Hall–Kier alpha value is -1.90. The highest BCUT2D eigenvalue weighted by atomic mass is 35.5. The second kappa shape index (κ2) is 10.2. The zero-order valence-electron chi connectivity index (χ0n) is 17.8. The summed E-state index contributed by atoms with van der Waals surface area (Å²) in [7, 11) is 0. The van der Waals surface area contributed by atoms with Gasteiger partial charge in [0, 0.05) is 21.9 Å². The van der Waals surface area contributed by atoms with Crippen molar-refractivity contribution in [2.24, 2.45) is 0 Å². The second-order valence-electron chi connectivity index (χ2n) is 7.82. The molecule has 0 radical (unpaired) electrons. The zero-order chi connectivity index (χ0) is 23.6. The number of hydrogen-bond acceptors (Lipinski definition) is 4. The highest BCUT2D eigenvalue weighted by molar-refractivity contribution is 8.00. The number of nitrogens with zero attached hydrogens (tertiary/aromatic N) is 1. The van der Waals surface area contributed by atoms with Gasteiger partial charge in [-0.05, 0) is 66.0 Å². The lowest BCUT2D eigenvalue weighted by molar-refractivity contribution is -0.0331. The summed E-state index contributed by atoms with van der Waals surface area (Å²) >= 11 is 7.52. The summed E-state index contributed by atoms with van der Waals surface area (Å²) in [5.41, 5.74) is -0.711. The molecule has 33 heavy (non-hydrogen) atoms. The van der Waals surface area contributed by atoms with Crippen molar-refractivity contribution in [1.29, 1.82) is 0 Å². The third kappa shape index (κ3) is 6.37. The Morgan fingerprint density at radius 3 is 2.58 bits per heavy atom. The fraction of sp³-hybridized carbons (Fsp3) is 0.333. The van der Waals surface area contributed by atoms with Gasteiger partial charge in [-0.3, -0.25) is 4.79 Å². The predicted molar refractivity (Wildman–Crippen MR) is 130 cm³/mol. The van der Waals surface area contributed by atoms with Crippen LogP contribution in [0.15, 0.2) is 64.3 Å². The molecule has 0 aliphatic heterocycles. The van der Waals surface area contributed by atoms with Gasteiger partial charge in [0.25, 0.3) is 5.91 Å². The van der Waals surface area contributed by atoms with Crippen LogP contribution in [-0.2, 0) is 0 Å². The van der Waals surface area contributed by atoms with Crippen molar-refractivity contribution in [3.63, 3.8) is 0 Å². The molecule has 2 aromatic rings. The minimum absolute atomic E-state index is 0.127. The number of thioether (sulfide) groups is 2. The lowest BCUT2D eigenvalue weighted by atomic mass is 10.0. The van der Waals surface area contributed by atoms with Gasteiger partial charge in [-0.25, -0.2) is 4.98 Å². The molecule has 174 valence electrons. The normalized spacial score (nSPS) is 18.5. The van der Waals surface area contributed by atoms with Crippen LogP contribution in [0.25, 0.3) is 11.1 Å². The molecule has 4 rings (SSSR count). The smallest absolute Gasteiger partial charge is 0.320 e. The van der Waals surface area contributed by atoms with Gasteiger partial charge < -0.3 is 5.32 Å². The Balaban J connectivity index is 1.54. The van der Waals surface area contributed by atoms with Gasteiger partial charge in [0.15, 0.2) is 0 Å². The zero-order valence-corrected chi connectivity index (χ0v) is 20.2. The molecule has 1 saturated carbocycles. The van der Waals surface area contributed by atoms with Crippen molar-refractivity contribution in [2.45, 2.75) is 47.8 Å². The highest BCUT2D eigenvalue weighted by Gasteiger charge is 2.33. The van der Waals surface area contributed by atoms with E-state index in [-0.39, 0.29) is 34.6 Å². The van der Waals surface area contributed by atoms with Crippen molar-refractivity contribution < 1.29 is 18.0 Å². The maximum Gasteiger partial charge on any atom is 0.442 e. The molecule has 0 spiro atoms. The van der Waals surface area contributed by atoms with E-state index in [2.05, 4.69) is 34.6 Å². The highest BCUT2D eigenvalue weighted by Crippen LogP contribution is 2.41. The molecule has 1 unspecified atom stereocenters. The number of carbonyl (C=O) groups is 1. The van der Waals surface area contributed by atoms with E-state index in [1.165, 1.54) is 42.3 Å². The number of carbonyl (C=O) groups excluding carboxylic acids is 1. The van der Waals surface area contributed by atoms with Gasteiger partial charge in [-0.15, -0.1) is 11.8 Å². The Bertz CT molecular complexity index is 1100. The SMILES string of the molecule is CCSc1cc(-c2ccc(C3CC3)cc2)cnc1C(=O)NC1=CC(SC(F)(F)F)CC=C1Cl. The van der Waals surface area contributed by atoms with Crippen LogP contribution in [0.3, 0.4) is 0 Å². The molecule has 1 atom stereocenters. The maximum absolute atomic E-state index is 13.0. The van der Waals surface area contributed by atoms with Gasteiger partial charge in [-0.1, -0.05) is 48.9 Å². The van der Waals surface area contributed by atoms with E-state index in [1.807, 2.05) is 13.0 Å². The standard InChI is InChI=1S/C24H22ClF3N2OS2/c1-2-32-21-11-17(16-7-5-15(6-8-16)14-3-4-14)13-29-22(21)23(31)30-20-12-18(9-10-19(20)25)33-24(26,27)28/h5-8,10-14,18H,2-4,9H2,1H3,(H,30,31). The third-order valence-electron chi connectivity index (χ3n) is 5.33. The van der Waals surface area contributed by atoms with Crippen LogP contribution in [0.4, 0.5) is 13.2 Å². The van der Waals surface area contributed by atoms with E-state index in [9.17, 15) is 18.0 Å². The first-order valence-corrected chi connectivity index (χ1v) is 12.8. The summed E-state index contributed by atoms with van der Waals surface area (Å²) in [6.45, 7) is 1.98. The minimum atomic E-state index is -4.37. The molecular formula is C24H22ClF3N2OS2. The van der Waals surface area contributed by atoms with Crippen LogP contribution in [-0.4, -0.2) is 27.4 Å². The number of halogens is 4. The number of aromatic nitrogens is 1. The summed E-state index contributed by atoms with van der Waals surface area (Å²) in [6, 6.07) is 10.3. The van der Waals surface area contributed by atoms with Crippen molar-refractivity contribution >= 4 is 41.0 Å². The molecule has 2 aliphatic carbocycles. The van der Waals surface area contributed by atoms with E-state index >= 15 is 0 Å². The number of rotatable bonds is 7. The molecular weight excluding hydrogens is 489 g/mol. The van der Waals surface area contributed by atoms with Crippen LogP contribution < -0.4 is 5.32 Å². The van der Waals surface area contributed by atoms with E-state index in [1.54, 1.807) is 6.20 Å². The van der Waals surface area contributed by atoms with Crippen LogP contribution in [0, 0.1) is 0 Å². The monoisotopic (exact) mass is 510 g/mol. The molecule has 2 aliphatic rings. The molecule has 9 heteroatoms. The Morgan fingerprint density at radius 2 is 1.94 bits per heavy atom. The molecule has 3 nitrogen and oxygen atoms in total. The van der Waals surface area contributed by atoms with Crippen molar-refractivity contribution in [3.05, 3.63) is 70.7 Å². The number of amides is 1. The second-order valence-corrected chi connectivity index (χ2v) is 10.8. The topological polar surface area (TPSA) is 42.0 Å². The van der Waals surface area contributed by atoms with Gasteiger partial charge >= 0.3 is 5.51 Å². The third-order valence-corrected chi connectivity index (χ3v) is 7.50. The number of allylic oxidation sites excluding steroid dienone is 2. The lowest BCUT2D eigenvalue weighted by Gasteiger charge is -2.20. The lowest BCUT2D eigenvalue weighted by Crippen LogP contribution is -2.27. The van der Waals surface area contributed by atoms with Gasteiger partial charge in [0.2, 0.25) is 0 Å². The van der Waals surface area contributed by atoms with E-state index in [4.69, 9.17) is 11.6 Å². The number of alkyl halides is 3. The molecule has 0 saturated heterocycles. The van der Waals surface area contributed by atoms with Gasteiger partial charge in [-0.2, -0.15) is 13.2 Å². The Kier molecular flexibility index (Phi) is 7.46. The minimum Gasteiger partial charge on any atom is -0.320 e. The van der Waals surface area contributed by atoms with E-state index in [0.29, 0.717) is 10.8 Å². The first-order chi connectivity index (χ1) is 15.7. The van der Waals surface area contributed by atoms with Crippen molar-refractivity contribution in [1.82, 2.24) is 10.3 Å². The molecule has 1 aromatic carbocycles. The summed E-state index contributed by atoms with van der Waals surface area (Å²) in [6.07, 6.45) is 7.12. The fourth-order valence-electron chi connectivity index (χ4n) is 3.60. The molecule has 1 N–H and O–H groups in total. The van der Waals surface area contributed by atoms with E-state index in [0.717, 1.165) is 16.9 Å². The molecule has 1 aromatic heterocycles. The molecule has 1 fully saturated rings. The van der Waals surface area contributed by atoms with Gasteiger partial charge in [0.05, 0.1) is 10.7 Å². The maximum atomic E-state index is 13.0. The first kappa shape index (κ1) is 24.2.